The van der Waals surface area contributed by atoms with Crippen molar-refractivity contribution in [2.45, 2.75) is 57.5 Å². The van der Waals surface area contributed by atoms with Crippen LogP contribution >= 0.6 is 0 Å². The minimum absolute atomic E-state index is 0.510. The van der Waals surface area contributed by atoms with Crippen molar-refractivity contribution in [2.24, 2.45) is 0 Å². The lowest BCUT2D eigenvalue weighted by molar-refractivity contribution is 0.203. The summed E-state index contributed by atoms with van der Waals surface area (Å²) in [6.45, 7) is 8.33. The summed E-state index contributed by atoms with van der Waals surface area (Å²) in [6, 6.07) is 0.857. The number of fused-ring (bicyclic) bond motifs is 2. The van der Waals surface area contributed by atoms with E-state index in [1.165, 1.54) is 51.7 Å². The molecule has 14 heavy (non-hydrogen) atoms. The van der Waals surface area contributed by atoms with Crippen LogP contribution in [0.4, 0.5) is 0 Å². The molecule has 0 aliphatic carbocycles. The Morgan fingerprint density at radius 1 is 1.29 bits per heavy atom. The number of nitrogens with one attached hydrogen (secondary N) is 1. The summed E-state index contributed by atoms with van der Waals surface area (Å²) in [6.07, 6.45) is 6.95. The fraction of sp³-hybridized carbons (Fsp3) is 1.00. The average molecular weight is 196 g/mol. The molecule has 0 aromatic rings. The smallest absolute Gasteiger partial charge is 0.0312 e. The maximum Gasteiger partial charge on any atom is 0.0312 e. The summed E-state index contributed by atoms with van der Waals surface area (Å²) >= 11 is 0. The maximum atomic E-state index is 3.82. The molecule has 0 aromatic heterocycles. The van der Waals surface area contributed by atoms with E-state index in [4.69, 9.17) is 0 Å². The van der Waals surface area contributed by atoms with Gasteiger partial charge in [-0.05, 0) is 45.2 Å². The van der Waals surface area contributed by atoms with E-state index in [0.29, 0.717) is 5.54 Å². The molecule has 82 valence electrons. The van der Waals surface area contributed by atoms with E-state index in [2.05, 4.69) is 24.1 Å². The Labute approximate surface area is 88.1 Å². The van der Waals surface area contributed by atoms with Crippen molar-refractivity contribution in [1.29, 1.82) is 0 Å². The van der Waals surface area contributed by atoms with Gasteiger partial charge in [0.05, 0.1) is 0 Å². The van der Waals surface area contributed by atoms with Crippen molar-refractivity contribution in [3.63, 3.8) is 0 Å². The van der Waals surface area contributed by atoms with Crippen LogP contribution < -0.4 is 5.32 Å². The third kappa shape index (κ3) is 1.96. The summed E-state index contributed by atoms with van der Waals surface area (Å²) in [4.78, 5) is 2.61. The van der Waals surface area contributed by atoms with Crippen LogP contribution in [0.5, 0.6) is 0 Å². The number of hydrogen-bond donors (Lipinski definition) is 1. The normalized spacial score (nSPS) is 35.8. The molecule has 2 heteroatoms. The highest BCUT2D eigenvalue weighted by molar-refractivity contribution is 5.05. The summed E-state index contributed by atoms with van der Waals surface area (Å²) in [5, 5.41) is 3.82. The Bertz CT molecular complexity index is 183. The molecule has 0 aromatic carbocycles. The van der Waals surface area contributed by atoms with Crippen molar-refractivity contribution in [3.05, 3.63) is 0 Å². The van der Waals surface area contributed by atoms with Crippen molar-refractivity contribution < 1.29 is 0 Å². The fourth-order valence-electron chi connectivity index (χ4n) is 3.19. The third-order valence-electron chi connectivity index (χ3n) is 3.97. The summed E-state index contributed by atoms with van der Waals surface area (Å²) in [5.74, 6) is 0. The minimum atomic E-state index is 0.510. The molecule has 2 aliphatic rings. The van der Waals surface area contributed by atoms with Crippen LogP contribution in [0.25, 0.3) is 0 Å². The SMILES string of the molecule is CCCN(CC)CC12CCC(CC1)N2. The van der Waals surface area contributed by atoms with Gasteiger partial charge in [0.2, 0.25) is 0 Å². The van der Waals surface area contributed by atoms with Crippen molar-refractivity contribution >= 4 is 0 Å². The zero-order chi connectivity index (χ0) is 10.0. The number of rotatable bonds is 5. The van der Waals surface area contributed by atoms with E-state index < -0.39 is 0 Å². The molecule has 0 amide bonds. The second kappa shape index (κ2) is 4.19. The molecule has 2 nitrogen and oxygen atoms in total. The molecule has 2 aliphatic heterocycles. The van der Waals surface area contributed by atoms with Gasteiger partial charge < -0.3 is 10.2 Å². The number of nitrogens with zero attached hydrogens (tertiary/aromatic N) is 1. The quantitative estimate of drug-likeness (QED) is 0.723. The van der Waals surface area contributed by atoms with Gasteiger partial charge >= 0.3 is 0 Å². The first-order valence-corrected chi connectivity index (χ1v) is 6.28. The first-order chi connectivity index (χ1) is 6.78. The van der Waals surface area contributed by atoms with Gasteiger partial charge in [0.1, 0.15) is 0 Å². The Hall–Kier alpha value is -0.0800. The van der Waals surface area contributed by atoms with Gasteiger partial charge in [0, 0.05) is 18.1 Å². The maximum absolute atomic E-state index is 3.82. The molecule has 2 rings (SSSR count). The van der Waals surface area contributed by atoms with Gasteiger partial charge in [-0.25, -0.2) is 0 Å². The molecule has 0 unspecified atom stereocenters. The predicted octanol–water partition coefficient (Wildman–Crippen LogP) is 2.00. The first-order valence-electron chi connectivity index (χ1n) is 6.28. The van der Waals surface area contributed by atoms with Crippen LogP contribution in [0.15, 0.2) is 0 Å². The molecular formula is C12H24N2. The fourth-order valence-corrected chi connectivity index (χ4v) is 3.19. The molecule has 0 radical (unpaired) electrons. The molecule has 0 spiro atoms. The molecule has 2 heterocycles. The highest BCUT2D eigenvalue weighted by Crippen LogP contribution is 2.37. The zero-order valence-electron chi connectivity index (χ0n) is 9.68. The van der Waals surface area contributed by atoms with Gasteiger partial charge in [-0.2, -0.15) is 0 Å². The molecule has 2 saturated heterocycles. The van der Waals surface area contributed by atoms with Crippen LogP contribution in [0.3, 0.4) is 0 Å². The van der Waals surface area contributed by atoms with Crippen LogP contribution in [-0.4, -0.2) is 36.1 Å². The summed E-state index contributed by atoms with van der Waals surface area (Å²) in [5.41, 5.74) is 0.510. The molecule has 2 bridgehead atoms. The Kier molecular flexibility index (Phi) is 3.13. The molecule has 2 fully saturated rings. The zero-order valence-corrected chi connectivity index (χ0v) is 9.68. The molecule has 0 atom stereocenters. The number of likely N-dealkylation sites (N-methyl/N-ethyl adjacent to an activating group) is 1. The summed E-state index contributed by atoms with van der Waals surface area (Å²) in [7, 11) is 0. The van der Waals surface area contributed by atoms with Crippen LogP contribution in [-0.2, 0) is 0 Å². The van der Waals surface area contributed by atoms with Crippen LogP contribution in [0.2, 0.25) is 0 Å². The lowest BCUT2D eigenvalue weighted by Crippen LogP contribution is -2.47. The van der Waals surface area contributed by atoms with E-state index in [1.54, 1.807) is 0 Å². The van der Waals surface area contributed by atoms with E-state index in [9.17, 15) is 0 Å². The van der Waals surface area contributed by atoms with Crippen LogP contribution in [0, 0.1) is 0 Å². The van der Waals surface area contributed by atoms with Gasteiger partial charge in [-0.3, -0.25) is 0 Å². The first kappa shape index (κ1) is 10.4. The van der Waals surface area contributed by atoms with E-state index >= 15 is 0 Å². The van der Waals surface area contributed by atoms with E-state index in [1.807, 2.05) is 0 Å². The monoisotopic (exact) mass is 196 g/mol. The van der Waals surface area contributed by atoms with Gasteiger partial charge in [-0.1, -0.05) is 13.8 Å². The van der Waals surface area contributed by atoms with Gasteiger partial charge in [0.15, 0.2) is 0 Å². The van der Waals surface area contributed by atoms with Crippen molar-refractivity contribution in [3.8, 4) is 0 Å². The van der Waals surface area contributed by atoms with Gasteiger partial charge in [-0.15, -0.1) is 0 Å². The largest absolute Gasteiger partial charge is 0.307 e. The second-order valence-corrected chi connectivity index (χ2v) is 5.07. The second-order valence-electron chi connectivity index (χ2n) is 5.07. The van der Waals surface area contributed by atoms with E-state index in [-0.39, 0.29) is 0 Å². The molecular weight excluding hydrogens is 172 g/mol. The predicted molar refractivity (Wildman–Crippen MR) is 60.5 cm³/mol. The Morgan fingerprint density at radius 2 is 2.00 bits per heavy atom. The molecule has 1 N–H and O–H groups in total. The highest BCUT2D eigenvalue weighted by Gasteiger charge is 2.44. The number of hydrogen-bond acceptors (Lipinski definition) is 2. The highest BCUT2D eigenvalue weighted by atomic mass is 15.2. The lowest BCUT2D eigenvalue weighted by atomic mass is 9.87. The van der Waals surface area contributed by atoms with Crippen molar-refractivity contribution in [1.82, 2.24) is 10.2 Å². The lowest BCUT2D eigenvalue weighted by Gasteiger charge is -2.33. The topological polar surface area (TPSA) is 15.3 Å². The average Bonchev–Trinajstić information content (AvgIpc) is 2.77. The van der Waals surface area contributed by atoms with Gasteiger partial charge in [0.25, 0.3) is 0 Å². The summed E-state index contributed by atoms with van der Waals surface area (Å²) < 4.78 is 0. The van der Waals surface area contributed by atoms with E-state index in [0.717, 1.165) is 6.04 Å². The minimum Gasteiger partial charge on any atom is -0.307 e. The van der Waals surface area contributed by atoms with Crippen molar-refractivity contribution in [2.75, 3.05) is 19.6 Å². The Morgan fingerprint density at radius 3 is 2.43 bits per heavy atom. The standard InChI is InChI=1S/C12H24N2/c1-3-9-14(4-2)10-12-7-5-11(13-12)6-8-12/h11,13H,3-10H2,1-2H3. The Balaban J connectivity index is 1.88. The third-order valence-corrected chi connectivity index (χ3v) is 3.97. The molecule has 0 saturated carbocycles. The van der Waals surface area contributed by atoms with Crippen LogP contribution in [0.1, 0.15) is 46.0 Å².